The summed E-state index contributed by atoms with van der Waals surface area (Å²) >= 11 is 0. The molecule has 4 heteroatoms. The molecule has 1 N–H and O–H groups in total. The van der Waals surface area contributed by atoms with Crippen molar-refractivity contribution in [1.29, 1.82) is 0 Å². The van der Waals surface area contributed by atoms with Crippen LogP contribution in [0.1, 0.15) is 19.3 Å². The smallest absolute Gasteiger partial charge is 0.307 e. The number of hydrogen-bond donors (Lipinski definition) is 1. The Morgan fingerprint density at radius 1 is 1.53 bits per heavy atom. The summed E-state index contributed by atoms with van der Waals surface area (Å²) in [6.07, 6.45) is 1.41. The Balaban J connectivity index is 2.05. The van der Waals surface area contributed by atoms with E-state index < -0.39 is 11.6 Å². The Kier molecular flexibility index (Phi) is 2.34. The zero-order chi connectivity index (χ0) is 10.9. The highest BCUT2D eigenvalue weighted by atomic mass is 19.1. The summed E-state index contributed by atoms with van der Waals surface area (Å²) < 4.78 is 18.3. The highest BCUT2D eigenvalue weighted by Crippen LogP contribution is 2.43. The molecule has 80 valence electrons. The van der Waals surface area contributed by atoms with Gasteiger partial charge in [0, 0.05) is 6.07 Å². The lowest BCUT2D eigenvalue weighted by molar-refractivity contribution is -0.139. The van der Waals surface area contributed by atoms with Crippen molar-refractivity contribution in [2.75, 3.05) is 0 Å². The fraction of sp³-hybridized carbons (Fsp3) is 0.364. The van der Waals surface area contributed by atoms with Gasteiger partial charge in [-0.2, -0.15) is 0 Å². The van der Waals surface area contributed by atoms with Crippen LogP contribution in [0.4, 0.5) is 4.39 Å². The minimum Gasteiger partial charge on any atom is -0.487 e. The van der Waals surface area contributed by atoms with E-state index in [0.29, 0.717) is 5.75 Å². The summed E-state index contributed by atoms with van der Waals surface area (Å²) in [4.78, 5) is 10.6. The van der Waals surface area contributed by atoms with Gasteiger partial charge in [0.2, 0.25) is 0 Å². The zero-order valence-corrected chi connectivity index (χ0v) is 8.07. The molecule has 0 amide bonds. The van der Waals surface area contributed by atoms with Crippen LogP contribution in [-0.4, -0.2) is 16.7 Å². The van der Waals surface area contributed by atoms with Crippen molar-refractivity contribution in [2.24, 2.45) is 0 Å². The molecule has 0 bridgehead atoms. The minimum atomic E-state index is -0.885. The lowest BCUT2D eigenvalue weighted by Crippen LogP contribution is -2.22. The summed E-state index contributed by atoms with van der Waals surface area (Å²) in [6.45, 7) is 0. The van der Waals surface area contributed by atoms with Gasteiger partial charge in [0.1, 0.15) is 17.2 Å². The standard InChI is InChI=1S/C11H11FO3/c12-8-2-1-3-9(6-8)15-11(4-5-11)7-10(13)14/h1-3,6H,4-5,7H2,(H,13,14). The lowest BCUT2D eigenvalue weighted by atomic mass is 10.2. The first-order valence-corrected chi connectivity index (χ1v) is 4.76. The number of halogens is 1. The second-order valence-electron chi connectivity index (χ2n) is 3.81. The predicted octanol–water partition coefficient (Wildman–Crippen LogP) is 2.21. The minimum absolute atomic E-state index is 0.0243. The second kappa shape index (κ2) is 3.53. The summed E-state index contributed by atoms with van der Waals surface area (Å²) in [5, 5.41) is 8.67. The average Bonchev–Trinajstić information content (AvgIpc) is 2.83. The molecule has 0 unspecified atom stereocenters. The van der Waals surface area contributed by atoms with Gasteiger partial charge < -0.3 is 9.84 Å². The fourth-order valence-corrected chi connectivity index (χ4v) is 1.51. The number of ether oxygens (including phenoxy) is 1. The fourth-order valence-electron chi connectivity index (χ4n) is 1.51. The normalized spacial score (nSPS) is 17.1. The van der Waals surface area contributed by atoms with E-state index in [1.807, 2.05) is 0 Å². The van der Waals surface area contributed by atoms with Crippen LogP contribution in [0.2, 0.25) is 0 Å². The maximum atomic E-state index is 12.8. The molecule has 1 aliphatic rings. The first kappa shape index (κ1) is 9.96. The molecule has 0 aromatic heterocycles. The summed E-state index contributed by atoms with van der Waals surface area (Å²) in [5.74, 6) is -0.865. The first-order chi connectivity index (χ1) is 7.10. The molecule has 1 fully saturated rings. The number of carbonyl (C=O) groups is 1. The largest absolute Gasteiger partial charge is 0.487 e. The number of rotatable bonds is 4. The van der Waals surface area contributed by atoms with E-state index in [2.05, 4.69) is 0 Å². The zero-order valence-electron chi connectivity index (χ0n) is 8.07. The van der Waals surface area contributed by atoms with Crippen LogP contribution in [0, 0.1) is 5.82 Å². The molecule has 0 aliphatic heterocycles. The van der Waals surface area contributed by atoms with E-state index in [1.165, 1.54) is 12.1 Å². The third-order valence-electron chi connectivity index (χ3n) is 2.41. The van der Waals surface area contributed by atoms with E-state index in [1.54, 1.807) is 12.1 Å². The molecule has 15 heavy (non-hydrogen) atoms. The molecular weight excluding hydrogens is 199 g/mol. The van der Waals surface area contributed by atoms with E-state index in [-0.39, 0.29) is 12.2 Å². The maximum absolute atomic E-state index is 12.8. The van der Waals surface area contributed by atoms with Crippen LogP contribution >= 0.6 is 0 Å². The molecule has 0 radical (unpaired) electrons. The number of benzene rings is 1. The van der Waals surface area contributed by atoms with E-state index in [9.17, 15) is 9.18 Å². The lowest BCUT2D eigenvalue weighted by Gasteiger charge is -2.15. The summed E-state index contributed by atoms with van der Waals surface area (Å²) in [5.41, 5.74) is -0.598. The van der Waals surface area contributed by atoms with Gasteiger partial charge in [-0.1, -0.05) is 6.07 Å². The first-order valence-electron chi connectivity index (χ1n) is 4.76. The van der Waals surface area contributed by atoms with Crippen molar-refractivity contribution in [3.8, 4) is 5.75 Å². The Morgan fingerprint density at radius 3 is 2.80 bits per heavy atom. The third-order valence-corrected chi connectivity index (χ3v) is 2.41. The van der Waals surface area contributed by atoms with Gasteiger partial charge in [-0.05, 0) is 25.0 Å². The molecule has 0 atom stereocenters. The molecule has 1 aliphatic carbocycles. The van der Waals surface area contributed by atoms with Gasteiger partial charge >= 0.3 is 5.97 Å². The molecule has 3 nitrogen and oxygen atoms in total. The van der Waals surface area contributed by atoms with Crippen molar-refractivity contribution in [2.45, 2.75) is 24.9 Å². The number of carboxylic acids is 1. The van der Waals surface area contributed by atoms with Crippen molar-refractivity contribution in [3.05, 3.63) is 30.1 Å². The van der Waals surface area contributed by atoms with Crippen molar-refractivity contribution in [1.82, 2.24) is 0 Å². The van der Waals surface area contributed by atoms with E-state index in [4.69, 9.17) is 9.84 Å². The van der Waals surface area contributed by atoms with Crippen molar-refractivity contribution >= 4 is 5.97 Å². The van der Waals surface area contributed by atoms with Crippen LogP contribution in [-0.2, 0) is 4.79 Å². The quantitative estimate of drug-likeness (QED) is 0.828. The highest BCUT2D eigenvalue weighted by molar-refractivity contribution is 5.69. The summed E-state index contributed by atoms with van der Waals surface area (Å²) in [7, 11) is 0. The summed E-state index contributed by atoms with van der Waals surface area (Å²) in [6, 6.07) is 5.76. The Hall–Kier alpha value is -1.58. The molecule has 1 aromatic carbocycles. The highest BCUT2D eigenvalue weighted by Gasteiger charge is 2.47. The molecule has 0 saturated heterocycles. The topological polar surface area (TPSA) is 46.5 Å². The maximum Gasteiger partial charge on any atom is 0.307 e. The van der Waals surface area contributed by atoms with Crippen LogP contribution < -0.4 is 4.74 Å². The molecule has 0 heterocycles. The second-order valence-corrected chi connectivity index (χ2v) is 3.81. The SMILES string of the molecule is O=C(O)CC1(Oc2cccc(F)c2)CC1. The van der Waals surface area contributed by atoms with Gasteiger partial charge in [-0.25, -0.2) is 4.39 Å². The van der Waals surface area contributed by atoms with Gasteiger partial charge in [0.15, 0.2) is 0 Å². The van der Waals surface area contributed by atoms with E-state index in [0.717, 1.165) is 12.8 Å². The number of hydrogen-bond acceptors (Lipinski definition) is 2. The average molecular weight is 210 g/mol. The number of aliphatic carboxylic acids is 1. The Labute approximate surface area is 86.5 Å². The number of carboxylic acid groups (broad SMARTS) is 1. The molecule has 0 spiro atoms. The molecular formula is C11H11FO3. The van der Waals surface area contributed by atoms with Crippen LogP contribution in [0.15, 0.2) is 24.3 Å². The third kappa shape index (κ3) is 2.46. The molecule has 1 aromatic rings. The predicted molar refractivity (Wildman–Crippen MR) is 51.2 cm³/mol. The van der Waals surface area contributed by atoms with Crippen molar-refractivity contribution in [3.63, 3.8) is 0 Å². The van der Waals surface area contributed by atoms with Crippen LogP contribution in [0.5, 0.6) is 5.75 Å². The van der Waals surface area contributed by atoms with Gasteiger partial charge in [0.05, 0.1) is 6.42 Å². The Bertz CT molecular complexity index is 385. The van der Waals surface area contributed by atoms with E-state index >= 15 is 0 Å². The van der Waals surface area contributed by atoms with Crippen molar-refractivity contribution < 1.29 is 19.0 Å². The van der Waals surface area contributed by atoms with Gasteiger partial charge in [-0.15, -0.1) is 0 Å². The van der Waals surface area contributed by atoms with Gasteiger partial charge in [-0.3, -0.25) is 4.79 Å². The Morgan fingerprint density at radius 2 is 2.27 bits per heavy atom. The van der Waals surface area contributed by atoms with Crippen LogP contribution in [0.25, 0.3) is 0 Å². The monoisotopic (exact) mass is 210 g/mol. The van der Waals surface area contributed by atoms with Gasteiger partial charge in [0.25, 0.3) is 0 Å². The van der Waals surface area contributed by atoms with Crippen LogP contribution in [0.3, 0.4) is 0 Å². The molecule has 2 rings (SSSR count). The molecule has 1 saturated carbocycles.